The van der Waals surface area contributed by atoms with Gasteiger partial charge in [0.15, 0.2) is 6.29 Å². The lowest BCUT2D eigenvalue weighted by Gasteiger charge is -2.12. The monoisotopic (exact) mass is 308 g/mol. The van der Waals surface area contributed by atoms with Gasteiger partial charge in [-0.3, -0.25) is 14.5 Å². The van der Waals surface area contributed by atoms with Gasteiger partial charge in [0.05, 0.1) is 11.4 Å². The van der Waals surface area contributed by atoms with Crippen molar-refractivity contribution in [3.05, 3.63) is 60.2 Å². The number of aromatic nitrogens is 4. The van der Waals surface area contributed by atoms with Gasteiger partial charge in [-0.25, -0.2) is 4.98 Å². The summed E-state index contributed by atoms with van der Waals surface area (Å²) in [6.07, 6.45) is 5.74. The molecule has 0 fully saturated rings. The van der Waals surface area contributed by atoms with E-state index in [1.165, 1.54) is 0 Å². The Bertz CT molecular complexity index is 814. The first-order chi connectivity index (χ1) is 11.3. The molecule has 3 aromatic heterocycles. The number of aryl methyl sites for hydroxylation is 1. The van der Waals surface area contributed by atoms with Crippen molar-refractivity contribution in [2.45, 2.75) is 20.1 Å². The summed E-state index contributed by atoms with van der Waals surface area (Å²) in [6, 6.07) is 9.20. The van der Waals surface area contributed by atoms with Gasteiger partial charge < -0.3 is 4.74 Å². The summed E-state index contributed by atoms with van der Waals surface area (Å²) in [5, 5.41) is 4.28. The van der Waals surface area contributed by atoms with Crippen LogP contribution in [0.2, 0.25) is 0 Å². The summed E-state index contributed by atoms with van der Waals surface area (Å²) < 4.78 is 7.64. The predicted octanol–water partition coefficient (Wildman–Crippen LogP) is 2.75. The van der Waals surface area contributed by atoms with E-state index in [1.54, 1.807) is 30.7 Å². The van der Waals surface area contributed by atoms with Crippen LogP contribution in [0.5, 0.6) is 5.75 Å². The molecule has 0 saturated carbocycles. The number of pyridine rings is 2. The quantitative estimate of drug-likeness (QED) is 0.655. The lowest BCUT2D eigenvalue weighted by molar-refractivity contribution is 0.111. The van der Waals surface area contributed by atoms with Crippen molar-refractivity contribution in [3.63, 3.8) is 0 Å². The highest BCUT2D eigenvalue weighted by atomic mass is 16.5. The zero-order valence-corrected chi connectivity index (χ0v) is 12.7. The van der Waals surface area contributed by atoms with Crippen LogP contribution >= 0.6 is 0 Å². The molecule has 3 rings (SSSR count). The molecule has 0 unspecified atom stereocenters. The van der Waals surface area contributed by atoms with E-state index in [9.17, 15) is 4.79 Å². The molecule has 0 N–H and O–H groups in total. The van der Waals surface area contributed by atoms with Gasteiger partial charge >= 0.3 is 0 Å². The molecular weight excluding hydrogens is 292 g/mol. The summed E-state index contributed by atoms with van der Waals surface area (Å²) in [5.74, 6) is 0.460. The molecule has 0 aromatic carbocycles. The maximum Gasteiger partial charge on any atom is 0.172 e. The largest absolute Gasteiger partial charge is 0.486 e. The van der Waals surface area contributed by atoms with Crippen LogP contribution in [0.1, 0.15) is 23.0 Å². The molecule has 0 aliphatic carbocycles. The normalized spacial score (nSPS) is 10.5. The third-order valence-electron chi connectivity index (χ3n) is 3.44. The second-order valence-electron chi connectivity index (χ2n) is 4.84. The first kappa shape index (κ1) is 14.9. The average Bonchev–Trinajstić information content (AvgIpc) is 3.09. The van der Waals surface area contributed by atoms with Crippen LogP contribution in [0.15, 0.2) is 48.9 Å². The molecule has 0 bridgehead atoms. The van der Waals surface area contributed by atoms with E-state index < -0.39 is 0 Å². The van der Waals surface area contributed by atoms with Crippen molar-refractivity contribution in [1.82, 2.24) is 19.7 Å². The van der Waals surface area contributed by atoms with Crippen LogP contribution in [0.4, 0.5) is 0 Å². The van der Waals surface area contributed by atoms with E-state index >= 15 is 0 Å². The topological polar surface area (TPSA) is 69.9 Å². The lowest BCUT2D eigenvalue weighted by Crippen LogP contribution is -2.05. The van der Waals surface area contributed by atoms with Gasteiger partial charge in [0.2, 0.25) is 0 Å². The maximum atomic E-state index is 11.0. The minimum Gasteiger partial charge on any atom is -0.486 e. The average molecular weight is 308 g/mol. The molecule has 23 heavy (non-hydrogen) atoms. The molecule has 0 atom stereocenters. The van der Waals surface area contributed by atoms with Gasteiger partial charge in [-0.15, -0.1) is 0 Å². The molecule has 0 aliphatic heterocycles. The second-order valence-corrected chi connectivity index (χ2v) is 4.84. The highest BCUT2D eigenvalue weighted by molar-refractivity contribution is 5.76. The number of rotatable bonds is 6. The van der Waals surface area contributed by atoms with Gasteiger partial charge in [-0.1, -0.05) is 6.07 Å². The molecule has 0 saturated heterocycles. The minimum atomic E-state index is 0.288. The molecular formula is C17H16N4O2. The first-order valence-electron chi connectivity index (χ1n) is 7.32. The van der Waals surface area contributed by atoms with Crippen molar-refractivity contribution in [2.75, 3.05) is 0 Å². The van der Waals surface area contributed by atoms with Gasteiger partial charge in [0.25, 0.3) is 0 Å². The molecule has 3 heterocycles. The summed E-state index contributed by atoms with van der Waals surface area (Å²) in [4.78, 5) is 19.5. The Kier molecular flexibility index (Phi) is 4.42. The van der Waals surface area contributed by atoms with Crippen molar-refractivity contribution in [2.24, 2.45) is 0 Å². The number of aldehydes is 1. The molecule has 0 spiro atoms. The Hall–Kier alpha value is -3.02. The fraction of sp³-hybridized carbons (Fsp3) is 0.176. The molecule has 6 nitrogen and oxygen atoms in total. The van der Waals surface area contributed by atoms with Crippen LogP contribution < -0.4 is 4.74 Å². The van der Waals surface area contributed by atoms with Crippen molar-refractivity contribution in [3.8, 4) is 17.1 Å². The number of hydrogen-bond acceptors (Lipinski definition) is 5. The van der Waals surface area contributed by atoms with E-state index in [0.717, 1.165) is 23.5 Å². The van der Waals surface area contributed by atoms with E-state index in [-0.39, 0.29) is 5.69 Å². The van der Waals surface area contributed by atoms with Gasteiger partial charge in [0, 0.05) is 30.7 Å². The molecule has 6 heteroatoms. The van der Waals surface area contributed by atoms with Crippen molar-refractivity contribution < 1.29 is 9.53 Å². The molecule has 0 amide bonds. The second kappa shape index (κ2) is 6.83. The summed E-state index contributed by atoms with van der Waals surface area (Å²) in [6.45, 7) is 3.09. The Labute approximate surface area is 133 Å². The van der Waals surface area contributed by atoms with E-state index in [4.69, 9.17) is 4.74 Å². The number of nitrogens with zero attached hydrogens (tertiary/aromatic N) is 4. The first-order valence-corrected chi connectivity index (χ1v) is 7.32. The Morgan fingerprint density at radius 3 is 2.78 bits per heavy atom. The number of hydrogen-bond donors (Lipinski definition) is 0. The zero-order chi connectivity index (χ0) is 16.1. The van der Waals surface area contributed by atoms with Gasteiger partial charge in [-0.05, 0) is 31.2 Å². The molecule has 116 valence electrons. The van der Waals surface area contributed by atoms with E-state index in [0.29, 0.717) is 18.6 Å². The van der Waals surface area contributed by atoms with Crippen molar-refractivity contribution in [1.29, 1.82) is 0 Å². The number of carbonyl (C=O) groups excluding carboxylic acids is 1. The van der Waals surface area contributed by atoms with Crippen molar-refractivity contribution >= 4 is 6.29 Å². The SMILES string of the molecule is CCn1nccc1-c1ncccc1COc1cccnc1C=O. The third-order valence-corrected chi connectivity index (χ3v) is 3.44. The zero-order valence-electron chi connectivity index (χ0n) is 12.7. The van der Waals surface area contributed by atoms with Crippen LogP contribution in [-0.4, -0.2) is 26.0 Å². The van der Waals surface area contributed by atoms with Gasteiger partial charge in [0.1, 0.15) is 18.1 Å². The highest BCUT2D eigenvalue weighted by Gasteiger charge is 2.12. The molecule has 0 radical (unpaired) electrons. The van der Waals surface area contributed by atoms with E-state index in [2.05, 4.69) is 15.1 Å². The predicted molar refractivity (Wildman–Crippen MR) is 85.1 cm³/mol. The fourth-order valence-electron chi connectivity index (χ4n) is 2.34. The molecule has 3 aromatic rings. The Balaban J connectivity index is 1.88. The highest BCUT2D eigenvalue weighted by Crippen LogP contribution is 2.23. The smallest absolute Gasteiger partial charge is 0.172 e. The Morgan fingerprint density at radius 2 is 1.96 bits per heavy atom. The van der Waals surface area contributed by atoms with Gasteiger partial charge in [-0.2, -0.15) is 5.10 Å². The van der Waals surface area contributed by atoms with Crippen LogP contribution in [0.3, 0.4) is 0 Å². The maximum absolute atomic E-state index is 11.0. The summed E-state index contributed by atoms with van der Waals surface area (Å²) >= 11 is 0. The summed E-state index contributed by atoms with van der Waals surface area (Å²) in [7, 11) is 0. The Morgan fingerprint density at radius 1 is 1.13 bits per heavy atom. The number of ether oxygens (including phenoxy) is 1. The van der Waals surface area contributed by atoms with Crippen LogP contribution in [0, 0.1) is 0 Å². The summed E-state index contributed by atoms with van der Waals surface area (Å²) in [5.41, 5.74) is 2.97. The molecule has 0 aliphatic rings. The lowest BCUT2D eigenvalue weighted by atomic mass is 10.1. The standard InChI is InChI=1S/C17H16N4O2/c1-2-21-15(7-10-20-21)17-13(5-3-9-19-17)12-23-16-6-4-8-18-14(16)11-22/h3-11H,2,12H2,1H3. The third kappa shape index (κ3) is 3.11. The van der Waals surface area contributed by atoms with E-state index in [1.807, 2.05) is 29.8 Å². The minimum absolute atomic E-state index is 0.288. The number of carbonyl (C=O) groups is 1. The van der Waals surface area contributed by atoms with Crippen LogP contribution in [-0.2, 0) is 13.2 Å². The fourth-order valence-corrected chi connectivity index (χ4v) is 2.34. The van der Waals surface area contributed by atoms with Crippen LogP contribution in [0.25, 0.3) is 11.4 Å².